The van der Waals surface area contributed by atoms with Crippen molar-refractivity contribution in [3.05, 3.63) is 65.4 Å². The van der Waals surface area contributed by atoms with Crippen LogP contribution in [0.1, 0.15) is 67.6 Å². The molecule has 2 amide bonds. The maximum Gasteiger partial charge on any atom is 0.310 e. The number of rotatable bonds is 20. The average Bonchev–Trinajstić information content (AvgIpc) is 3.45. The number of fused-ring (bicyclic) bond motifs is 1. The SMILES string of the molecule is CCCN(CCC)C(=O)C(CCC(=O)OCCCN1CCN(CCOC(=O)Cc2c(C)[nH]c3ccc(OC)cc23)CC1)NC(=O)c1ccccc1. The Balaban J connectivity index is 1.12. The highest BCUT2D eigenvalue weighted by Gasteiger charge is 2.27. The molecule has 0 saturated carbocycles. The van der Waals surface area contributed by atoms with E-state index in [1.54, 1.807) is 36.3 Å². The Bertz CT molecular complexity index is 1560. The Labute approximate surface area is 301 Å². The zero-order chi connectivity index (χ0) is 36.6. The minimum Gasteiger partial charge on any atom is -0.497 e. The first kappa shape index (κ1) is 39.4. The van der Waals surface area contributed by atoms with Gasteiger partial charge in [0.25, 0.3) is 5.91 Å². The molecule has 4 rings (SSSR count). The van der Waals surface area contributed by atoms with E-state index in [-0.39, 0.29) is 43.0 Å². The fourth-order valence-electron chi connectivity index (χ4n) is 6.43. The van der Waals surface area contributed by atoms with E-state index in [9.17, 15) is 19.2 Å². The van der Waals surface area contributed by atoms with Crippen molar-refractivity contribution in [1.82, 2.24) is 25.0 Å². The summed E-state index contributed by atoms with van der Waals surface area (Å²) < 4.78 is 16.5. The topological polar surface area (TPSA) is 134 Å². The summed E-state index contributed by atoms with van der Waals surface area (Å²) in [6, 6.07) is 13.8. The predicted molar refractivity (Wildman–Crippen MR) is 197 cm³/mol. The number of carbonyl (C=O) groups excluding carboxylic acids is 4. The summed E-state index contributed by atoms with van der Waals surface area (Å²) in [7, 11) is 1.63. The molecular formula is C39H55N5O7. The van der Waals surface area contributed by atoms with Gasteiger partial charge in [0.15, 0.2) is 0 Å². The van der Waals surface area contributed by atoms with Crippen LogP contribution in [-0.2, 0) is 30.3 Å². The van der Waals surface area contributed by atoms with Crippen LogP contribution in [-0.4, -0.2) is 122 Å². The molecule has 2 N–H and O–H groups in total. The van der Waals surface area contributed by atoms with E-state index in [0.717, 1.165) is 73.5 Å². The number of nitrogens with one attached hydrogen (secondary N) is 2. The fraction of sp³-hybridized carbons (Fsp3) is 0.538. The van der Waals surface area contributed by atoms with Crippen molar-refractivity contribution in [2.45, 2.75) is 65.3 Å². The molecule has 2 aromatic carbocycles. The van der Waals surface area contributed by atoms with E-state index in [1.807, 2.05) is 45.0 Å². The second kappa shape index (κ2) is 20.4. The number of esters is 2. The van der Waals surface area contributed by atoms with Crippen LogP contribution in [0, 0.1) is 6.92 Å². The lowest BCUT2D eigenvalue weighted by molar-refractivity contribution is -0.144. The number of nitrogens with zero attached hydrogens (tertiary/aromatic N) is 3. The van der Waals surface area contributed by atoms with Gasteiger partial charge in [0.05, 0.1) is 20.1 Å². The van der Waals surface area contributed by atoms with E-state index in [0.29, 0.717) is 44.8 Å². The first-order valence-electron chi connectivity index (χ1n) is 18.3. The van der Waals surface area contributed by atoms with Crippen LogP contribution in [0.5, 0.6) is 5.75 Å². The Morgan fingerprint density at radius 3 is 2.22 bits per heavy atom. The van der Waals surface area contributed by atoms with E-state index < -0.39 is 6.04 Å². The molecule has 3 aromatic rings. The molecule has 12 nitrogen and oxygen atoms in total. The maximum absolute atomic E-state index is 13.4. The van der Waals surface area contributed by atoms with Crippen LogP contribution >= 0.6 is 0 Å². The first-order valence-corrected chi connectivity index (χ1v) is 18.3. The quantitative estimate of drug-likeness (QED) is 0.130. The van der Waals surface area contributed by atoms with E-state index in [1.165, 1.54) is 0 Å². The summed E-state index contributed by atoms with van der Waals surface area (Å²) in [6.07, 6.45) is 2.74. The maximum atomic E-state index is 13.4. The molecule has 1 aliphatic rings. The van der Waals surface area contributed by atoms with E-state index >= 15 is 0 Å². The molecule has 0 radical (unpaired) electrons. The molecule has 1 fully saturated rings. The molecule has 0 aliphatic carbocycles. The lowest BCUT2D eigenvalue weighted by Gasteiger charge is -2.34. The van der Waals surface area contributed by atoms with Crippen LogP contribution in [0.25, 0.3) is 10.9 Å². The summed E-state index contributed by atoms with van der Waals surface area (Å²) in [5.74, 6) is -0.384. The molecule has 2 heterocycles. The Kier molecular flexibility index (Phi) is 15.8. The van der Waals surface area contributed by atoms with Gasteiger partial charge in [-0.05, 0) is 68.5 Å². The number of piperazine rings is 1. The minimum atomic E-state index is -0.809. The van der Waals surface area contributed by atoms with E-state index in [4.69, 9.17) is 14.2 Å². The monoisotopic (exact) mass is 705 g/mol. The van der Waals surface area contributed by atoms with Gasteiger partial charge < -0.3 is 34.3 Å². The van der Waals surface area contributed by atoms with Crippen molar-refractivity contribution in [2.75, 3.05) is 72.7 Å². The molecule has 0 spiro atoms. The molecule has 1 atom stereocenters. The summed E-state index contributed by atoms with van der Waals surface area (Å²) in [4.78, 5) is 61.3. The molecule has 51 heavy (non-hydrogen) atoms. The summed E-state index contributed by atoms with van der Waals surface area (Å²) in [5.41, 5.74) is 3.32. The van der Waals surface area contributed by atoms with Crippen molar-refractivity contribution in [2.24, 2.45) is 0 Å². The van der Waals surface area contributed by atoms with Gasteiger partial charge >= 0.3 is 11.9 Å². The number of methoxy groups -OCH3 is 1. The number of benzene rings is 2. The van der Waals surface area contributed by atoms with E-state index in [2.05, 4.69) is 20.1 Å². The number of aromatic nitrogens is 1. The largest absolute Gasteiger partial charge is 0.497 e. The molecule has 278 valence electrons. The summed E-state index contributed by atoms with van der Waals surface area (Å²) >= 11 is 0. The number of aryl methyl sites for hydroxylation is 1. The molecular weight excluding hydrogens is 650 g/mol. The predicted octanol–water partition coefficient (Wildman–Crippen LogP) is 4.35. The number of aromatic amines is 1. The molecule has 0 bridgehead atoms. The van der Waals surface area contributed by atoms with Crippen molar-refractivity contribution >= 4 is 34.7 Å². The lowest BCUT2D eigenvalue weighted by Crippen LogP contribution is -2.49. The van der Waals surface area contributed by atoms with Gasteiger partial charge in [-0.25, -0.2) is 0 Å². The van der Waals surface area contributed by atoms with Gasteiger partial charge in [-0.15, -0.1) is 0 Å². The smallest absolute Gasteiger partial charge is 0.310 e. The van der Waals surface area contributed by atoms with Crippen LogP contribution in [0.15, 0.2) is 48.5 Å². The molecule has 1 aliphatic heterocycles. The fourth-order valence-corrected chi connectivity index (χ4v) is 6.43. The third-order valence-corrected chi connectivity index (χ3v) is 9.24. The number of H-pyrrole nitrogens is 1. The molecule has 1 unspecified atom stereocenters. The zero-order valence-corrected chi connectivity index (χ0v) is 30.7. The number of amides is 2. The average molecular weight is 706 g/mol. The van der Waals surface area contributed by atoms with Crippen LogP contribution in [0.2, 0.25) is 0 Å². The minimum absolute atomic E-state index is 0.0386. The number of carbonyl (C=O) groups is 4. The van der Waals surface area contributed by atoms with Gasteiger partial charge in [-0.3, -0.25) is 24.1 Å². The lowest BCUT2D eigenvalue weighted by atomic mass is 10.1. The third-order valence-electron chi connectivity index (χ3n) is 9.24. The van der Waals surface area contributed by atoms with Gasteiger partial charge in [-0.1, -0.05) is 32.0 Å². The Morgan fingerprint density at radius 2 is 1.55 bits per heavy atom. The van der Waals surface area contributed by atoms with Gasteiger partial charge in [0.2, 0.25) is 5.91 Å². The molecule has 1 aromatic heterocycles. The van der Waals surface area contributed by atoms with Crippen molar-refractivity contribution in [3.8, 4) is 5.75 Å². The van der Waals surface area contributed by atoms with Crippen LogP contribution in [0.3, 0.4) is 0 Å². The van der Waals surface area contributed by atoms with Crippen LogP contribution < -0.4 is 10.1 Å². The Hall–Kier alpha value is -4.42. The second-order valence-corrected chi connectivity index (χ2v) is 13.1. The standard InChI is InChI=1S/C39H55N5O7/c1-5-17-44(18-6-2)39(48)35(41-38(47)30-11-8-7-9-12-30)15-16-36(45)50-25-10-19-42-20-22-43(23-21-42)24-26-51-37(46)28-32-29(3)40-34-14-13-31(49-4)27-33(32)34/h7-9,11-14,27,35,40H,5-6,10,15-26,28H2,1-4H3,(H,41,47). The normalized spacial score (nSPS) is 14.2. The van der Waals surface area contributed by atoms with Gasteiger partial charge in [-0.2, -0.15) is 0 Å². The second-order valence-electron chi connectivity index (χ2n) is 13.1. The Morgan fingerprint density at radius 1 is 0.882 bits per heavy atom. The molecule has 12 heteroatoms. The number of hydrogen-bond donors (Lipinski definition) is 2. The van der Waals surface area contributed by atoms with Gasteiger partial charge in [0, 0.05) is 80.9 Å². The molecule has 1 saturated heterocycles. The van der Waals surface area contributed by atoms with Crippen molar-refractivity contribution < 1.29 is 33.4 Å². The first-order chi connectivity index (χ1) is 24.7. The zero-order valence-electron chi connectivity index (χ0n) is 30.7. The highest BCUT2D eigenvalue weighted by Crippen LogP contribution is 2.27. The number of hydrogen-bond acceptors (Lipinski definition) is 9. The van der Waals surface area contributed by atoms with Crippen LogP contribution in [0.4, 0.5) is 0 Å². The number of ether oxygens (including phenoxy) is 3. The van der Waals surface area contributed by atoms with Crippen molar-refractivity contribution in [1.29, 1.82) is 0 Å². The summed E-state index contributed by atoms with van der Waals surface area (Å²) in [5, 5.41) is 3.83. The third kappa shape index (κ3) is 12.1. The summed E-state index contributed by atoms with van der Waals surface area (Å²) in [6.45, 7) is 12.8. The highest BCUT2D eigenvalue weighted by molar-refractivity contribution is 5.97. The van der Waals surface area contributed by atoms with Crippen molar-refractivity contribution in [3.63, 3.8) is 0 Å². The van der Waals surface area contributed by atoms with Gasteiger partial charge in [0.1, 0.15) is 18.4 Å². The highest BCUT2D eigenvalue weighted by atomic mass is 16.5.